The number of carbonyl (C=O) groups is 1. The summed E-state index contributed by atoms with van der Waals surface area (Å²) in [5.41, 5.74) is 3.04. The van der Waals surface area contributed by atoms with Gasteiger partial charge in [-0.05, 0) is 37.0 Å². The molecule has 2 aliphatic rings. The molecule has 0 spiro atoms. The van der Waals surface area contributed by atoms with E-state index in [1.165, 1.54) is 0 Å². The predicted molar refractivity (Wildman–Crippen MR) is 70.8 cm³/mol. The highest BCUT2D eigenvalue weighted by Gasteiger charge is 2.40. The summed E-state index contributed by atoms with van der Waals surface area (Å²) in [4.78, 5) is 12.0. The van der Waals surface area contributed by atoms with E-state index in [1.54, 1.807) is 0 Å². The molecule has 1 aliphatic carbocycles. The molecular weight excluding hydrogens is 224 g/mol. The van der Waals surface area contributed by atoms with Crippen molar-refractivity contribution in [3.05, 3.63) is 53.6 Å². The number of ether oxygens (including phenoxy) is 1. The van der Waals surface area contributed by atoms with Gasteiger partial charge in [0, 0.05) is 11.5 Å². The lowest BCUT2D eigenvalue weighted by atomic mass is 9.84. The van der Waals surface area contributed by atoms with Gasteiger partial charge in [-0.3, -0.25) is 0 Å². The molecular formula is C16H16O2. The predicted octanol–water partition coefficient (Wildman–Crippen LogP) is 3.35. The monoisotopic (exact) mass is 240 g/mol. The molecule has 2 atom stereocenters. The van der Waals surface area contributed by atoms with Crippen molar-refractivity contribution >= 4 is 11.5 Å². The average molecular weight is 240 g/mol. The van der Waals surface area contributed by atoms with E-state index in [-0.39, 0.29) is 18.0 Å². The van der Waals surface area contributed by atoms with Crippen molar-refractivity contribution in [2.45, 2.75) is 25.9 Å². The lowest BCUT2D eigenvalue weighted by Crippen LogP contribution is -2.17. The molecule has 0 unspecified atom stereocenters. The van der Waals surface area contributed by atoms with E-state index in [1.807, 2.05) is 43.3 Å². The van der Waals surface area contributed by atoms with Gasteiger partial charge in [0.15, 0.2) is 0 Å². The van der Waals surface area contributed by atoms with Crippen molar-refractivity contribution in [1.29, 1.82) is 0 Å². The smallest absolute Gasteiger partial charge is 0.335 e. The number of hydrogen-bond acceptors (Lipinski definition) is 2. The standard InChI is InChI=1S/C16H16O2/c1-11(12-7-3-2-4-8-12)15-13-9-5-6-10-14(13)18-16(15)17/h2-4,6-8,10,13-14H,5,9H2,1H3/b15-11-/t13-,14+/m1/s1. The summed E-state index contributed by atoms with van der Waals surface area (Å²) in [7, 11) is 0. The van der Waals surface area contributed by atoms with Gasteiger partial charge < -0.3 is 4.74 Å². The molecule has 0 N–H and O–H groups in total. The molecule has 0 amide bonds. The molecule has 1 fully saturated rings. The SMILES string of the molecule is C/C(=C1/C(=O)O[C@H]2C=CCC[C@@H]12)c1ccccc1. The maximum atomic E-state index is 12.0. The first-order chi connectivity index (χ1) is 8.77. The van der Waals surface area contributed by atoms with Gasteiger partial charge in [-0.25, -0.2) is 4.79 Å². The van der Waals surface area contributed by atoms with Gasteiger partial charge in [-0.15, -0.1) is 0 Å². The third-order valence-corrected chi connectivity index (χ3v) is 3.81. The van der Waals surface area contributed by atoms with Gasteiger partial charge >= 0.3 is 5.97 Å². The molecule has 1 saturated heterocycles. The summed E-state index contributed by atoms with van der Waals surface area (Å²) in [5.74, 6) is 0.0978. The molecule has 1 aliphatic heterocycles. The third kappa shape index (κ3) is 1.78. The van der Waals surface area contributed by atoms with Crippen LogP contribution in [0.5, 0.6) is 0 Å². The van der Waals surface area contributed by atoms with Gasteiger partial charge in [0.25, 0.3) is 0 Å². The molecule has 1 aromatic rings. The number of fused-ring (bicyclic) bond motifs is 1. The maximum Gasteiger partial charge on any atom is 0.335 e. The Balaban J connectivity index is 2.05. The zero-order valence-corrected chi connectivity index (χ0v) is 10.4. The van der Waals surface area contributed by atoms with Crippen LogP contribution in [0.25, 0.3) is 5.57 Å². The summed E-state index contributed by atoms with van der Waals surface area (Å²) in [5, 5.41) is 0. The Morgan fingerprint density at radius 3 is 2.83 bits per heavy atom. The van der Waals surface area contributed by atoms with Crippen molar-refractivity contribution in [3.8, 4) is 0 Å². The van der Waals surface area contributed by atoms with E-state index < -0.39 is 0 Å². The molecule has 0 aromatic heterocycles. The second-order valence-corrected chi connectivity index (χ2v) is 4.89. The van der Waals surface area contributed by atoms with Crippen LogP contribution >= 0.6 is 0 Å². The maximum absolute atomic E-state index is 12.0. The fourth-order valence-corrected chi connectivity index (χ4v) is 2.85. The van der Waals surface area contributed by atoms with Crippen LogP contribution in [0.3, 0.4) is 0 Å². The summed E-state index contributed by atoms with van der Waals surface area (Å²) < 4.78 is 5.44. The summed E-state index contributed by atoms with van der Waals surface area (Å²) >= 11 is 0. The first kappa shape index (κ1) is 11.3. The molecule has 1 aromatic carbocycles. The van der Waals surface area contributed by atoms with E-state index in [0.717, 1.165) is 29.6 Å². The minimum Gasteiger partial charge on any atom is -0.454 e. The molecule has 92 valence electrons. The number of esters is 1. The highest BCUT2D eigenvalue weighted by Crippen LogP contribution is 2.39. The lowest BCUT2D eigenvalue weighted by Gasteiger charge is -2.18. The molecule has 18 heavy (non-hydrogen) atoms. The Kier molecular flexibility index (Phi) is 2.78. The van der Waals surface area contributed by atoms with Crippen LogP contribution in [0.1, 0.15) is 25.3 Å². The van der Waals surface area contributed by atoms with Crippen molar-refractivity contribution < 1.29 is 9.53 Å². The van der Waals surface area contributed by atoms with Gasteiger partial charge in [-0.2, -0.15) is 0 Å². The quantitative estimate of drug-likeness (QED) is 0.427. The number of carbonyl (C=O) groups excluding carboxylic acids is 1. The fraction of sp³-hybridized carbons (Fsp3) is 0.312. The van der Waals surface area contributed by atoms with Crippen LogP contribution in [0.2, 0.25) is 0 Å². The van der Waals surface area contributed by atoms with Crippen LogP contribution in [0.4, 0.5) is 0 Å². The largest absolute Gasteiger partial charge is 0.454 e. The van der Waals surface area contributed by atoms with Gasteiger partial charge in [0.1, 0.15) is 6.10 Å². The topological polar surface area (TPSA) is 26.3 Å². The molecule has 2 nitrogen and oxygen atoms in total. The second-order valence-electron chi connectivity index (χ2n) is 4.89. The van der Waals surface area contributed by atoms with E-state index in [9.17, 15) is 4.79 Å². The normalized spacial score (nSPS) is 28.8. The highest BCUT2D eigenvalue weighted by atomic mass is 16.5. The first-order valence-corrected chi connectivity index (χ1v) is 6.41. The van der Waals surface area contributed by atoms with Gasteiger partial charge in [0.2, 0.25) is 0 Å². The van der Waals surface area contributed by atoms with Gasteiger partial charge in [-0.1, -0.05) is 36.4 Å². The molecule has 3 rings (SSSR count). The van der Waals surface area contributed by atoms with Crippen LogP contribution in [-0.4, -0.2) is 12.1 Å². The number of rotatable bonds is 1. The summed E-state index contributed by atoms with van der Waals surface area (Å²) in [6.07, 6.45) is 6.13. The van der Waals surface area contributed by atoms with E-state index in [4.69, 9.17) is 4.74 Å². The van der Waals surface area contributed by atoms with Crippen LogP contribution in [0.15, 0.2) is 48.1 Å². The van der Waals surface area contributed by atoms with E-state index in [0.29, 0.717) is 0 Å². The van der Waals surface area contributed by atoms with E-state index in [2.05, 4.69) is 6.08 Å². The Morgan fingerprint density at radius 2 is 2.06 bits per heavy atom. The summed E-state index contributed by atoms with van der Waals surface area (Å²) in [6, 6.07) is 10.1. The number of hydrogen-bond donors (Lipinski definition) is 0. The number of allylic oxidation sites excluding steroid dienone is 2. The first-order valence-electron chi connectivity index (χ1n) is 6.41. The molecule has 0 saturated carbocycles. The third-order valence-electron chi connectivity index (χ3n) is 3.81. The fourth-order valence-electron chi connectivity index (χ4n) is 2.85. The van der Waals surface area contributed by atoms with Crippen LogP contribution < -0.4 is 0 Å². The van der Waals surface area contributed by atoms with Crippen molar-refractivity contribution in [3.63, 3.8) is 0 Å². The molecule has 1 heterocycles. The van der Waals surface area contributed by atoms with Crippen molar-refractivity contribution in [1.82, 2.24) is 0 Å². The minimum atomic E-state index is -0.141. The van der Waals surface area contributed by atoms with Crippen LogP contribution in [-0.2, 0) is 9.53 Å². The Hall–Kier alpha value is -1.83. The highest BCUT2D eigenvalue weighted by molar-refractivity contribution is 6.00. The zero-order chi connectivity index (χ0) is 12.5. The van der Waals surface area contributed by atoms with Crippen molar-refractivity contribution in [2.24, 2.45) is 5.92 Å². The molecule has 0 bridgehead atoms. The minimum absolute atomic E-state index is 0.0417. The van der Waals surface area contributed by atoms with E-state index >= 15 is 0 Å². The molecule has 0 radical (unpaired) electrons. The molecule has 2 heteroatoms. The second kappa shape index (κ2) is 4.45. The van der Waals surface area contributed by atoms with Crippen molar-refractivity contribution in [2.75, 3.05) is 0 Å². The zero-order valence-electron chi connectivity index (χ0n) is 10.4. The Morgan fingerprint density at radius 1 is 1.28 bits per heavy atom. The summed E-state index contributed by atoms with van der Waals surface area (Å²) in [6.45, 7) is 2.02. The van der Waals surface area contributed by atoms with Gasteiger partial charge in [0.05, 0.1) is 0 Å². The number of benzene rings is 1. The Labute approximate surface area is 107 Å². The van der Waals surface area contributed by atoms with Crippen LogP contribution in [0, 0.1) is 5.92 Å². The Bertz CT molecular complexity index is 525. The lowest BCUT2D eigenvalue weighted by molar-refractivity contribution is -0.137. The average Bonchev–Trinajstić information content (AvgIpc) is 2.75.